The fourth-order valence-electron chi connectivity index (χ4n) is 2.51. The van der Waals surface area contributed by atoms with Gasteiger partial charge in [0, 0.05) is 31.2 Å². The lowest BCUT2D eigenvalue weighted by Crippen LogP contribution is -2.40. The van der Waals surface area contributed by atoms with E-state index in [2.05, 4.69) is 27.0 Å². The Hall–Kier alpha value is -2.04. The van der Waals surface area contributed by atoms with Crippen molar-refractivity contribution < 1.29 is 4.79 Å². The van der Waals surface area contributed by atoms with E-state index in [0.29, 0.717) is 6.54 Å². The summed E-state index contributed by atoms with van der Waals surface area (Å²) in [6.07, 6.45) is 4.32. The number of hydrogen-bond donors (Lipinski definition) is 3. The van der Waals surface area contributed by atoms with Crippen LogP contribution < -0.4 is 16.0 Å². The largest absolute Gasteiger partial charge is 0.356 e. The summed E-state index contributed by atoms with van der Waals surface area (Å²) in [7, 11) is 0. The molecule has 1 aliphatic heterocycles. The van der Waals surface area contributed by atoms with Crippen molar-refractivity contribution in [3.63, 3.8) is 0 Å². The molecule has 1 aromatic carbocycles. The standard InChI is InChI=1S/C16H22N4O/c21-15(13-5-2-6-13)20-14-7-1-4-12(10-14)11-19-16-17-8-3-9-18-16/h1,4,7,10,13H,2-3,5-6,8-9,11H2,(H,20,21)(H2,17,18,19). The first-order chi connectivity index (χ1) is 10.3. The lowest BCUT2D eigenvalue weighted by atomic mass is 9.85. The molecule has 0 spiro atoms. The van der Waals surface area contributed by atoms with Crippen LogP contribution in [-0.2, 0) is 11.3 Å². The number of guanidine groups is 1. The van der Waals surface area contributed by atoms with Gasteiger partial charge in [-0.15, -0.1) is 0 Å². The zero-order valence-electron chi connectivity index (χ0n) is 12.2. The zero-order chi connectivity index (χ0) is 14.5. The van der Waals surface area contributed by atoms with Crippen molar-refractivity contribution >= 4 is 17.6 Å². The van der Waals surface area contributed by atoms with Crippen molar-refractivity contribution in [2.45, 2.75) is 32.2 Å². The molecule has 0 atom stereocenters. The summed E-state index contributed by atoms with van der Waals surface area (Å²) in [6, 6.07) is 7.99. The molecule has 1 fully saturated rings. The smallest absolute Gasteiger partial charge is 0.227 e. The molecular weight excluding hydrogens is 264 g/mol. The molecule has 3 N–H and O–H groups in total. The lowest BCUT2D eigenvalue weighted by Gasteiger charge is -2.24. The molecule has 21 heavy (non-hydrogen) atoms. The molecule has 0 saturated heterocycles. The van der Waals surface area contributed by atoms with Gasteiger partial charge >= 0.3 is 0 Å². The molecule has 1 saturated carbocycles. The Bertz CT molecular complexity index is 537. The highest BCUT2D eigenvalue weighted by Crippen LogP contribution is 2.27. The number of carbonyl (C=O) groups is 1. The first kappa shape index (κ1) is 13.9. The predicted molar refractivity (Wildman–Crippen MR) is 84.2 cm³/mol. The summed E-state index contributed by atoms with van der Waals surface area (Å²) in [5, 5.41) is 9.53. The minimum Gasteiger partial charge on any atom is -0.356 e. The van der Waals surface area contributed by atoms with Gasteiger partial charge in [0.15, 0.2) is 5.96 Å². The lowest BCUT2D eigenvalue weighted by molar-refractivity contribution is -0.122. The quantitative estimate of drug-likeness (QED) is 0.791. The average molecular weight is 286 g/mol. The number of nitrogens with zero attached hydrogens (tertiary/aromatic N) is 1. The van der Waals surface area contributed by atoms with Gasteiger partial charge in [-0.2, -0.15) is 0 Å². The van der Waals surface area contributed by atoms with Crippen LogP contribution in [0.3, 0.4) is 0 Å². The van der Waals surface area contributed by atoms with Gasteiger partial charge in [0.2, 0.25) is 5.91 Å². The number of aliphatic imine (C=N–C) groups is 1. The van der Waals surface area contributed by atoms with Crippen LogP contribution in [0.4, 0.5) is 5.69 Å². The van der Waals surface area contributed by atoms with Crippen molar-refractivity contribution in [1.82, 2.24) is 10.6 Å². The fourth-order valence-corrected chi connectivity index (χ4v) is 2.51. The Morgan fingerprint density at radius 3 is 2.95 bits per heavy atom. The predicted octanol–water partition coefficient (Wildman–Crippen LogP) is 1.86. The van der Waals surface area contributed by atoms with Crippen molar-refractivity contribution in [3.05, 3.63) is 29.8 Å². The summed E-state index contributed by atoms with van der Waals surface area (Å²) in [6.45, 7) is 2.56. The Labute approximate surface area is 125 Å². The van der Waals surface area contributed by atoms with Gasteiger partial charge in [-0.1, -0.05) is 18.6 Å². The van der Waals surface area contributed by atoms with Gasteiger partial charge in [0.05, 0.1) is 0 Å². The minimum atomic E-state index is 0.157. The Balaban J connectivity index is 1.54. The second-order valence-electron chi connectivity index (χ2n) is 5.68. The van der Waals surface area contributed by atoms with E-state index in [1.54, 1.807) is 0 Å². The number of rotatable bonds is 4. The van der Waals surface area contributed by atoms with Crippen molar-refractivity contribution in [2.75, 3.05) is 18.4 Å². The first-order valence-electron chi connectivity index (χ1n) is 7.73. The highest BCUT2D eigenvalue weighted by Gasteiger charge is 2.25. The summed E-state index contributed by atoms with van der Waals surface area (Å²) in [5.74, 6) is 1.24. The molecule has 2 aliphatic rings. The normalized spacial score (nSPS) is 18.2. The fraction of sp³-hybridized carbons (Fsp3) is 0.500. The van der Waals surface area contributed by atoms with Crippen LogP contribution in [0.2, 0.25) is 0 Å². The Kier molecular flexibility index (Phi) is 4.38. The van der Waals surface area contributed by atoms with Crippen LogP contribution in [0.5, 0.6) is 0 Å². The molecule has 0 radical (unpaired) electrons. The molecule has 1 aromatic rings. The van der Waals surface area contributed by atoms with Crippen LogP contribution in [0.1, 0.15) is 31.2 Å². The van der Waals surface area contributed by atoms with Crippen LogP contribution in [-0.4, -0.2) is 25.0 Å². The number of benzene rings is 1. The molecular formula is C16H22N4O. The third-order valence-electron chi connectivity index (χ3n) is 4.03. The Morgan fingerprint density at radius 1 is 1.33 bits per heavy atom. The van der Waals surface area contributed by atoms with Crippen LogP contribution >= 0.6 is 0 Å². The number of hydrogen-bond acceptors (Lipinski definition) is 4. The number of amides is 1. The van der Waals surface area contributed by atoms with E-state index in [1.807, 2.05) is 18.2 Å². The summed E-state index contributed by atoms with van der Waals surface area (Å²) >= 11 is 0. The molecule has 0 bridgehead atoms. The summed E-state index contributed by atoms with van der Waals surface area (Å²) in [4.78, 5) is 16.3. The maximum Gasteiger partial charge on any atom is 0.227 e. The van der Waals surface area contributed by atoms with Crippen LogP contribution in [0.25, 0.3) is 0 Å². The summed E-state index contributed by atoms with van der Waals surface area (Å²) < 4.78 is 0. The van der Waals surface area contributed by atoms with Gasteiger partial charge < -0.3 is 16.0 Å². The highest BCUT2D eigenvalue weighted by atomic mass is 16.1. The van der Waals surface area contributed by atoms with E-state index >= 15 is 0 Å². The molecule has 1 heterocycles. The third kappa shape index (κ3) is 3.74. The maximum absolute atomic E-state index is 12.0. The van der Waals surface area contributed by atoms with E-state index in [4.69, 9.17) is 0 Å². The highest BCUT2D eigenvalue weighted by molar-refractivity contribution is 5.93. The van der Waals surface area contributed by atoms with Gasteiger partial charge in [0.25, 0.3) is 0 Å². The van der Waals surface area contributed by atoms with Crippen molar-refractivity contribution in [1.29, 1.82) is 0 Å². The van der Waals surface area contributed by atoms with Crippen molar-refractivity contribution in [3.8, 4) is 0 Å². The summed E-state index contributed by atoms with van der Waals surface area (Å²) in [5.41, 5.74) is 2.02. The molecule has 3 rings (SSSR count). The number of nitrogens with one attached hydrogen (secondary N) is 3. The van der Waals surface area contributed by atoms with E-state index < -0.39 is 0 Å². The zero-order valence-corrected chi connectivity index (χ0v) is 12.2. The van der Waals surface area contributed by atoms with E-state index in [9.17, 15) is 4.79 Å². The third-order valence-corrected chi connectivity index (χ3v) is 4.03. The SMILES string of the molecule is O=C(Nc1cccc(CNC2=NCCCN2)c1)C1CCC1. The van der Waals surface area contributed by atoms with Crippen LogP contribution in [0.15, 0.2) is 29.3 Å². The average Bonchev–Trinajstić information content (AvgIpc) is 2.45. The van der Waals surface area contributed by atoms with Gasteiger partial charge in [0.1, 0.15) is 0 Å². The number of anilines is 1. The molecule has 0 aromatic heterocycles. The first-order valence-corrected chi connectivity index (χ1v) is 7.73. The topological polar surface area (TPSA) is 65.5 Å². The van der Waals surface area contributed by atoms with Crippen LogP contribution in [0, 0.1) is 5.92 Å². The van der Waals surface area contributed by atoms with Gasteiger partial charge in [-0.05, 0) is 37.0 Å². The second kappa shape index (κ2) is 6.61. The molecule has 0 unspecified atom stereocenters. The Morgan fingerprint density at radius 2 is 2.24 bits per heavy atom. The van der Waals surface area contributed by atoms with E-state index in [1.165, 1.54) is 6.42 Å². The van der Waals surface area contributed by atoms with E-state index in [-0.39, 0.29) is 11.8 Å². The second-order valence-corrected chi connectivity index (χ2v) is 5.68. The van der Waals surface area contributed by atoms with Gasteiger partial charge in [-0.3, -0.25) is 9.79 Å². The molecule has 112 valence electrons. The molecule has 5 heteroatoms. The minimum absolute atomic E-state index is 0.157. The number of carbonyl (C=O) groups excluding carboxylic acids is 1. The molecule has 5 nitrogen and oxygen atoms in total. The molecule has 1 aliphatic carbocycles. The van der Waals surface area contributed by atoms with E-state index in [0.717, 1.165) is 49.6 Å². The maximum atomic E-state index is 12.0. The van der Waals surface area contributed by atoms with Gasteiger partial charge in [-0.25, -0.2) is 0 Å². The van der Waals surface area contributed by atoms with Crippen molar-refractivity contribution in [2.24, 2.45) is 10.9 Å². The monoisotopic (exact) mass is 286 g/mol. The molecule has 1 amide bonds.